The Hall–Kier alpha value is -2.70. The summed E-state index contributed by atoms with van der Waals surface area (Å²) in [6.07, 6.45) is -4.50. The van der Waals surface area contributed by atoms with Crippen molar-refractivity contribution in [3.8, 4) is 11.5 Å². The quantitative estimate of drug-likeness (QED) is 0.803. The van der Waals surface area contributed by atoms with E-state index in [0.717, 1.165) is 17.7 Å². The van der Waals surface area contributed by atoms with Crippen LogP contribution in [-0.2, 0) is 23.9 Å². The highest BCUT2D eigenvalue weighted by Gasteiger charge is 2.30. The number of amides is 1. The molecule has 2 aromatic rings. The number of halogens is 3. The summed E-state index contributed by atoms with van der Waals surface area (Å²) >= 11 is 0. The minimum Gasteiger partial charge on any atom is -0.454 e. The zero-order valence-electron chi connectivity index (χ0n) is 14.2. The number of alkyl halides is 3. The van der Waals surface area contributed by atoms with Crippen LogP contribution in [0.25, 0.3) is 0 Å². The average Bonchev–Trinajstić information content (AvgIpc) is 3.06. The number of benzene rings is 2. The van der Waals surface area contributed by atoms with Gasteiger partial charge in [-0.1, -0.05) is 24.3 Å². The highest BCUT2D eigenvalue weighted by Crippen LogP contribution is 2.33. The molecule has 0 aromatic heterocycles. The van der Waals surface area contributed by atoms with E-state index >= 15 is 0 Å². The second kappa shape index (κ2) is 7.27. The van der Waals surface area contributed by atoms with Gasteiger partial charge in [0, 0.05) is 13.1 Å². The Balaban J connectivity index is 1.69. The van der Waals surface area contributed by atoms with E-state index in [4.69, 9.17) is 9.47 Å². The number of carbonyl (C=O) groups is 1. The lowest BCUT2D eigenvalue weighted by atomic mass is 10.1. The van der Waals surface area contributed by atoms with Gasteiger partial charge in [-0.15, -0.1) is 0 Å². The Bertz CT molecular complexity index is 805. The van der Waals surface area contributed by atoms with E-state index in [-0.39, 0.29) is 19.1 Å². The second-order valence-electron chi connectivity index (χ2n) is 5.97. The van der Waals surface area contributed by atoms with E-state index in [0.29, 0.717) is 30.2 Å². The maximum absolute atomic E-state index is 12.8. The number of hydrogen-bond acceptors (Lipinski definition) is 3. The first-order valence-electron chi connectivity index (χ1n) is 8.19. The monoisotopic (exact) mass is 365 g/mol. The molecule has 0 aliphatic carbocycles. The Morgan fingerprint density at radius 3 is 2.58 bits per heavy atom. The molecule has 0 spiro atoms. The molecule has 2 aromatic carbocycles. The van der Waals surface area contributed by atoms with Crippen LogP contribution in [0.1, 0.15) is 23.6 Å². The molecule has 0 fully saturated rings. The fourth-order valence-electron chi connectivity index (χ4n) is 2.78. The average molecular weight is 365 g/mol. The highest BCUT2D eigenvalue weighted by atomic mass is 19.4. The molecule has 7 heteroatoms. The topological polar surface area (TPSA) is 38.8 Å². The van der Waals surface area contributed by atoms with Gasteiger partial charge in [-0.3, -0.25) is 4.79 Å². The number of fused-ring (bicyclic) bond motifs is 1. The maximum Gasteiger partial charge on any atom is 0.416 e. The van der Waals surface area contributed by atoms with Crippen molar-refractivity contribution in [2.75, 3.05) is 13.3 Å². The van der Waals surface area contributed by atoms with Gasteiger partial charge in [-0.2, -0.15) is 13.2 Å². The molecule has 0 atom stereocenters. The molecule has 0 saturated heterocycles. The van der Waals surface area contributed by atoms with Gasteiger partial charge in [0.1, 0.15) is 0 Å². The van der Waals surface area contributed by atoms with Crippen molar-refractivity contribution in [3.05, 3.63) is 59.2 Å². The van der Waals surface area contributed by atoms with E-state index in [1.54, 1.807) is 11.0 Å². The lowest BCUT2D eigenvalue weighted by molar-refractivity contribution is -0.138. The molecule has 1 aliphatic rings. The zero-order valence-corrected chi connectivity index (χ0v) is 14.2. The number of ether oxygens (including phenoxy) is 2. The molecular formula is C19H18F3NO3. The van der Waals surface area contributed by atoms with Crippen molar-refractivity contribution in [1.82, 2.24) is 4.90 Å². The summed E-state index contributed by atoms with van der Waals surface area (Å²) in [4.78, 5) is 14.1. The molecular weight excluding hydrogens is 347 g/mol. The predicted octanol–water partition coefficient (Wildman–Crippen LogP) is 4.03. The fourth-order valence-corrected chi connectivity index (χ4v) is 2.78. The summed E-state index contributed by atoms with van der Waals surface area (Å²) in [6.45, 7) is 2.80. The minimum atomic E-state index is -4.42. The fraction of sp³-hybridized carbons (Fsp3) is 0.316. The summed E-state index contributed by atoms with van der Waals surface area (Å²) in [5.41, 5.74) is 0.462. The Labute approximate surface area is 149 Å². The lowest BCUT2D eigenvalue weighted by Gasteiger charge is -2.21. The van der Waals surface area contributed by atoms with Gasteiger partial charge < -0.3 is 14.4 Å². The number of carbonyl (C=O) groups excluding carboxylic acids is 1. The van der Waals surface area contributed by atoms with Crippen LogP contribution in [0.4, 0.5) is 13.2 Å². The Morgan fingerprint density at radius 2 is 1.85 bits per heavy atom. The number of rotatable bonds is 5. The molecule has 0 N–H and O–H groups in total. The van der Waals surface area contributed by atoms with Crippen molar-refractivity contribution in [1.29, 1.82) is 0 Å². The van der Waals surface area contributed by atoms with Crippen LogP contribution in [0.3, 0.4) is 0 Å². The first-order chi connectivity index (χ1) is 12.4. The molecule has 138 valence electrons. The molecule has 3 rings (SSSR count). The molecule has 4 nitrogen and oxygen atoms in total. The summed E-state index contributed by atoms with van der Waals surface area (Å²) < 4.78 is 49.0. The van der Waals surface area contributed by atoms with Crippen LogP contribution >= 0.6 is 0 Å². The van der Waals surface area contributed by atoms with Gasteiger partial charge in [0.05, 0.1) is 12.0 Å². The van der Waals surface area contributed by atoms with Gasteiger partial charge >= 0.3 is 6.18 Å². The number of nitrogens with zero attached hydrogens (tertiary/aromatic N) is 1. The van der Waals surface area contributed by atoms with E-state index in [1.165, 1.54) is 12.1 Å². The van der Waals surface area contributed by atoms with Crippen LogP contribution in [0.15, 0.2) is 42.5 Å². The smallest absolute Gasteiger partial charge is 0.416 e. The standard InChI is InChI=1S/C19H18F3NO3/c1-2-23(11-14-6-7-16-17(9-14)26-12-25-16)18(24)10-13-4-3-5-15(8-13)19(20,21)22/h3-9H,2,10-12H2,1H3. The summed E-state index contributed by atoms with van der Waals surface area (Å²) in [5, 5.41) is 0. The molecule has 0 bridgehead atoms. The van der Waals surface area contributed by atoms with Crippen molar-refractivity contribution < 1.29 is 27.4 Å². The first kappa shape index (κ1) is 18.1. The third kappa shape index (κ3) is 4.09. The van der Waals surface area contributed by atoms with E-state index in [2.05, 4.69) is 0 Å². The van der Waals surface area contributed by atoms with Crippen LogP contribution in [0, 0.1) is 0 Å². The Kier molecular flexibility index (Phi) is 5.06. The van der Waals surface area contributed by atoms with Crippen LogP contribution in [0.2, 0.25) is 0 Å². The molecule has 0 radical (unpaired) electrons. The van der Waals surface area contributed by atoms with Gasteiger partial charge in [0.25, 0.3) is 0 Å². The first-order valence-corrected chi connectivity index (χ1v) is 8.19. The molecule has 26 heavy (non-hydrogen) atoms. The zero-order chi connectivity index (χ0) is 18.7. The van der Waals surface area contributed by atoms with E-state index < -0.39 is 11.7 Å². The summed E-state index contributed by atoms with van der Waals surface area (Å²) in [6, 6.07) is 10.3. The lowest BCUT2D eigenvalue weighted by Crippen LogP contribution is -2.31. The van der Waals surface area contributed by atoms with Crippen molar-refractivity contribution in [2.45, 2.75) is 26.1 Å². The van der Waals surface area contributed by atoms with Gasteiger partial charge in [-0.05, 0) is 36.2 Å². The Morgan fingerprint density at radius 1 is 1.08 bits per heavy atom. The highest BCUT2D eigenvalue weighted by molar-refractivity contribution is 5.78. The van der Waals surface area contributed by atoms with Crippen molar-refractivity contribution in [3.63, 3.8) is 0 Å². The maximum atomic E-state index is 12.8. The molecule has 0 saturated carbocycles. The van der Waals surface area contributed by atoms with E-state index in [9.17, 15) is 18.0 Å². The van der Waals surface area contributed by atoms with Crippen LogP contribution in [-0.4, -0.2) is 24.1 Å². The third-order valence-corrected chi connectivity index (χ3v) is 4.15. The molecule has 1 aliphatic heterocycles. The molecule has 1 amide bonds. The largest absolute Gasteiger partial charge is 0.454 e. The third-order valence-electron chi connectivity index (χ3n) is 4.15. The minimum absolute atomic E-state index is 0.0810. The van der Waals surface area contributed by atoms with Crippen LogP contribution < -0.4 is 9.47 Å². The van der Waals surface area contributed by atoms with Crippen molar-refractivity contribution >= 4 is 5.91 Å². The van der Waals surface area contributed by atoms with E-state index in [1.807, 2.05) is 19.1 Å². The van der Waals surface area contributed by atoms with Gasteiger partial charge in [0.2, 0.25) is 12.7 Å². The van der Waals surface area contributed by atoms with Gasteiger partial charge in [-0.25, -0.2) is 0 Å². The van der Waals surface area contributed by atoms with Crippen molar-refractivity contribution in [2.24, 2.45) is 0 Å². The summed E-state index contributed by atoms with van der Waals surface area (Å²) in [7, 11) is 0. The SMILES string of the molecule is CCN(Cc1ccc2c(c1)OCO2)C(=O)Cc1cccc(C(F)(F)F)c1. The number of hydrogen-bond donors (Lipinski definition) is 0. The van der Waals surface area contributed by atoms with Gasteiger partial charge in [0.15, 0.2) is 11.5 Å². The number of likely N-dealkylation sites (N-methyl/N-ethyl adjacent to an activating group) is 1. The second-order valence-corrected chi connectivity index (χ2v) is 5.97. The molecule has 0 unspecified atom stereocenters. The van der Waals surface area contributed by atoms with Crippen LogP contribution in [0.5, 0.6) is 11.5 Å². The predicted molar refractivity (Wildman–Crippen MR) is 88.8 cm³/mol. The normalized spacial score (nSPS) is 12.9. The summed E-state index contributed by atoms with van der Waals surface area (Å²) in [5.74, 6) is 1.06. The molecule has 1 heterocycles.